The van der Waals surface area contributed by atoms with Crippen LogP contribution in [0.4, 0.5) is 5.69 Å². The normalized spacial score (nSPS) is 16.2. The number of rotatable bonds is 5. The summed E-state index contributed by atoms with van der Waals surface area (Å²) >= 11 is 6.13. The summed E-state index contributed by atoms with van der Waals surface area (Å²) in [5, 5.41) is 7.76. The van der Waals surface area contributed by atoms with E-state index in [0.29, 0.717) is 28.1 Å². The van der Waals surface area contributed by atoms with Crippen molar-refractivity contribution in [3.05, 3.63) is 34.6 Å². The van der Waals surface area contributed by atoms with E-state index in [0.717, 1.165) is 25.0 Å². The first-order chi connectivity index (χ1) is 12.0. The summed E-state index contributed by atoms with van der Waals surface area (Å²) in [6, 6.07) is 3.26. The Morgan fingerprint density at radius 2 is 2.12 bits per heavy atom. The number of amides is 1. The van der Waals surface area contributed by atoms with Crippen molar-refractivity contribution in [1.82, 2.24) is 9.78 Å². The minimum absolute atomic E-state index is 0.147. The van der Waals surface area contributed by atoms with E-state index in [1.165, 1.54) is 19.8 Å². The number of ether oxygens (including phenoxy) is 2. The van der Waals surface area contributed by atoms with Crippen LogP contribution in [0.3, 0.4) is 0 Å². The zero-order valence-electron chi connectivity index (χ0n) is 14.6. The number of anilines is 1. The monoisotopic (exact) mass is 363 g/mol. The molecule has 1 unspecified atom stereocenters. The average molecular weight is 364 g/mol. The molecule has 0 saturated heterocycles. The maximum atomic E-state index is 12.4. The minimum atomic E-state index is -0.188. The van der Waals surface area contributed by atoms with Crippen molar-refractivity contribution < 1.29 is 14.3 Å². The Kier molecular flexibility index (Phi) is 5.18. The second kappa shape index (κ2) is 7.35. The Morgan fingerprint density at radius 3 is 2.84 bits per heavy atom. The van der Waals surface area contributed by atoms with Gasteiger partial charge in [0, 0.05) is 12.3 Å². The van der Waals surface area contributed by atoms with Crippen LogP contribution in [0, 0.1) is 5.92 Å². The predicted molar refractivity (Wildman–Crippen MR) is 96.6 cm³/mol. The standard InChI is InChI=1S/C18H22ClN3O3/c1-11-4-5-14-12(6-11)9-22(21-14)10-18(23)20-15-7-13(19)16(24-2)8-17(15)25-3/h7-9,11H,4-6,10H2,1-3H3,(H,20,23). The molecule has 134 valence electrons. The zero-order valence-corrected chi connectivity index (χ0v) is 15.4. The van der Waals surface area contributed by atoms with Crippen LogP contribution in [0.2, 0.25) is 5.02 Å². The highest BCUT2D eigenvalue weighted by Crippen LogP contribution is 2.35. The molecule has 1 aliphatic carbocycles. The maximum Gasteiger partial charge on any atom is 0.246 e. The Morgan fingerprint density at radius 1 is 1.36 bits per heavy atom. The summed E-state index contributed by atoms with van der Waals surface area (Å²) < 4.78 is 12.2. The van der Waals surface area contributed by atoms with Crippen molar-refractivity contribution in [2.24, 2.45) is 5.92 Å². The van der Waals surface area contributed by atoms with E-state index in [1.807, 2.05) is 6.20 Å². The number of carbonyl (C=O) groups is 1. The van der Waals surface area contributed by atoms with Gasteiger partial charge in [0.2, 0.25) is 5.91 Å². The molecule has 0 bridgehead atoms. The van der Waals surface area contributed by atoms with Crippen molar-refractivity contribution in [3.8, 4) is 11.5 Å². The van der Waals surface area contributed by atoms with Crippen LogP contribution in [-0.4, -0.2) is 29.9 Å². The van der Waals surface area contributed by atoms with Crippen LogP contribution in [0.1, 0.15) is 24.6 Å². The molecular weight excluding hydrogens is 342 g/mol. The van der Waals surface area contributed by atoms with Crippen LogP contribution >= 0.6 is 11.6 Å². The Balaban J connectivity index is 1.72. The van der Waals surface area contributed by atoms with E-state index >= 15 is 0 Å². The molecule has 0 saturated carbocycles. The molecule has 0 fully saturated rings. The summed E-state index contributed by atoms with van der Waals surface area (Å²) in [6.07, 6.45) is 5.13. The topological polar surface area (TPSA) is 65.4 Å². The molecule has 3 rings (SSSR count). The molecule has 1 amide bonds. The molecule has 1 N–H and O–H groups in total. The smallest absolute Gasteiger partial charge is 0.246 e. The van der Waals surface area contributed by atoms with Gasteiger partial charge in [-0.1, -0.05) is 18.5 Å². The summed E-state index contributed by atoms with van der Waals surface area (Å²) in [6.45, 7) is 2.39. The van der Waals surface area contributed by atoms with E-state index in [4.69, 9.17) is 21.1 Å². The molecule has 1 aromatic carbocycles. The predicted octanol–water partition coefficient (Wildman–Crippen LogP) is 3.32. The van der Waals surface area contributed by atoms with Gasteiger partial charge in [-0.2, -0.15) is 5.10 Å². The van der Waals surface area contributed by atoms with Gasteiger partial charge < -0.3 is 14.8 Å². The van der Waals surface area contributed by atoms with Gasteiger partial charge in [0.25, 0.3) is 0 Å². The van der Waals surface area contributed by atoms with E-state index in [-0.39, 0.29) is 12.5 Å². The van der Waals surface area contributed by atoms with Gasteiger partial charge >= 0.3 is 0 Å². The third-order valence-corrected chi connectivity index (χ3v) is 4.72. The Hall–Kier alpha value is -2.21. The molecule has 1 aliphatic rings. The molecule has 1 atom stereocenters. The van der Waals surface area contributed by atoms with Gasteiger partial charge in [-0.3, -0.25) is 9.48 Å². The van der Waals surface area contributed by atoms with Gasteiger partial charge in [0.15, 0.2) is 0 Å². The van der Waals surface area contributed by atoms with Crippen LogP contribution in [0.5, 0.6) is 11.5 Å². The quantitative estimate of drug-likeness (QED) is 0.885. The summed E-state index contributed by atoms with van der Waals surface area (Å²) in [7, 11) is 3.06. The van der Waals surface area contributed by atoms with Crippen molar-refractivity contribution >= 4 is 23.2 Å². The number of hydrogen-bond donors (Lipinski definition) is 1. The van der Waals surface area contributed by atoms with E-state index in [9.17, 15) is 4.79 Å². The van der Waals surface area contributed by atoms with Crippen molar-refractivity contribution in [2.45, 2.75) is 32.7 Å². The van der Waals surface area contributed by atoms with Crippen molar-refractivity contribution in [3.63, 3.8) is 0 Å². The van der Waals surface area contributed by atoms with Gasteiger partial charge in [-0.05, 0) is 36.8 Å². The van der Waals surface area contributed by atoms with Gasteiger partial charge in [0.05, 0.1) is 30.6 Å². The van der Waals surface area contributed by atoms with Crippen LogP contribution in [-0.2, 0) is 24.2 Å². The highest BCUT2D eigenvalue weighted by atomic mass is 35.5. The molecule has 2 aromatic rings. The lowest BCUT2D eigenvalue weighted by Crippen LogP contribution is -2.19. The summed E-state index contributed by atoms with van der Waals surface area (Å²) in [5.74, 6) is 1.46. The number of fused-ring (bicyclic) bond motifs is 1. The average Bonchev–Trinajstić information content (AvgIpc) is 2.96. The maximum absolute atomic E-state index is 12.4. The third-order valence-electron chi connectivity index (χ3n) is 4.42. The Bertz CT molecular complexity index is 788. The van der Waals surface area contributed by atoms with E-state index < -0.39 is 0 Å². The first-order valence-electron chi connectivity index (χ1n) is 8.26. The first kappa shape index (κ1) is 17.6. The van der Waals surface area contributed by atoms with Crippen molar-refractivity contribution in [2.75, 3.05) is 19.5 Å². The number of carbonyl (C=O) groups excluding carboxylic acids is 1. The van der Waals surface area contributed by atoms with Gasteiger partial charge in [0.1, 0.15) is 18.0 Å². The molecule has 1 heterocycles. The van der Waals surface area contributed by atoms with Crippen molar-refractivity contribution in [1.29, 1.82) is 0 Å². The number of nitrogens with one attached hydrogen (secondary N) is 1. The molecule has 1 aromatic heterocycles. The van der Waals surface area contributed by atoms with Crippen LogP contribution < -0.4 is 14.8 Å². The molecule has 0 radical (unpaired) electrons. The van der Waals surface area contributed by atoms with E-state index in [2.05, 4.69) is 17.3 Å². The number of nitrogens with zero attached hydrogens (tertiary/aromatic N) is 2. The largest absolute Gasteiger partial charge is 0.495 e. The first-order valence-corrected chi connectivity index (χ1v) is 8.64. The van der Waals surface area contributed by atoms with Gasteiger partial charge in [-0.15, -0.1) is 0 Å². The number of aryl methyl sites for hydroxylation is 1. The molecule has 6 nitrogen and oxygen atoms in total. The number of hydrogen-bond acceptors (Lipinski definition) is 4. The fraction of sp³-hybridized carbons (Fsp3) is 0.444. The molecule has 25 heavy (non-hydrogen) atoms. The van der Waals surface area contributed by atoms with Crippen LogP contribution in [0.25, 0.3) is 0 Å². The molecule has 0 aliphatic heterocycles. The Labute approximate surface area is 152 Å². The lowest BCUT2D eigenvalue weighted by molar-refractivity contribution is -0.116. The van der Waals surface area contributed by atoms with E-state index in [1.54, 1.807) is 16.8 Å². The second-order valence-corrected chi connectivity index (χ2v) is 6.79. The number of halogens is 1. The lowest BCUT2D eigenvalue weighted by Gasteiger charge is -2.15. The second-order valence-electron chi connectivity index (χ2n) is 6.38. The zero-order chi connectivity index (χ0) is 18.0. The SMILES string of the molecule is COc1cc(OC)c(NC(=O)Cn2cc3c(n2)CCC(C)C3)cc1Cl. The van der Waals surface area contributed by atoms with Gasteiger partial charge in [-0.25, -0.2) is 0 Å². The molecular formula is C18H22ClN3O3. The fourth-order valence-corrected chi connectivity index (χ4v) is 3.36. The number of benzene rings is 1. The minimum Gasteiger partial charge on any atom is -0.495 e. The summed E-state index contributed by atoms with van der Waals surface area (Å²) in [5.41, 5.74) is 2.86. The molecule has 7 heteroatoms. The number of methoxy groups -OCH3 is 2. The third kappa shape index (κ3) is 3.90. The highest BCUT2D eigenvalue weighted by Gasteiger charge is 2.19. The fourth-order valence-electron chi connectivity index (χ4n) is 3.12. The summed E-state index contributed by atoms with van der Waals surface area (Å²) in [4.78, 5) is 12.4. The highest BCUT2D eigenvalue weighted by molar-refractivity contribution is 6.32. The number of aromatic nitrogens is 2. The lowest BCUT2D eigenvalue weighted by atomic mass is 9.89. The molecule has 0 spiro atoms. The van der Waals surface area contributed by atoms with Crippen LogP contribution in [0.15, 0.2) is 18.3 Å².